The van der Waals surface area contributed by atoms with Crippen molar-refractivity contribution in [1.29, 1.82) is 0 Å². The number of hydrogen-bond donors (Lipinski definition) is 1. The summed E-state index contributed by atoms with van der Waals surface area (Å²) in [6.45, 7) is 2.27. The van der Waals surface area contributed by atoms with Crippen molar-refractivity contribution >= 4 is 11.3 Å². The molecule has 3 nitrogen and oxygen atoms in total. The van der Waals surface area contributed by atoms with Crippen LogP contribution < -0.4 is 5.32 Å². The number of thiophene rings is 1. The number of nitrogens with zero attached hydrogens (tertiary/aromatic N) is 2. The van der Waals surface area contributed by atoms with Gasteiger partial charge in [-0.25, -0.2) is 9.97 Å². The summed E-state index contributed by atoms with van der Waals surface area (Å²) < 4.78 is 0. The van der Waals surface area contributed by atoms with Gasteiger partial charge in [-0.05, 0) is 49.4 Å². The molecule has 0 amide bonds. The molecule has 94 valence electrons. The van der Waals surface area contributed by atoms with Gasteiger partial charge in [0.15, 0.2) is 0 Å². The first-order valence-corrected chi connectivity index (χ1v) is 7.36. The van der Waals surface area contributed by atoms with Gasteiger partial charge in [-0.15, -0.1) is 11.3 Å². The second kappa shape index (κ2) is 5.59. The second-order valence-corrected chi connectivity index (χ2v) is 5.68. The minimum absolute atomic E-state index is 0.741. The SMILES string of the molecule is c1csc(-c2ccnc(CC3CCNCC3)n2)c1. The molecule has 0 spiro atoms. The summed E-state index contributed by atoms with van der Waals surface area (Å²) in [5.74, 6) is 1.73. The van der Waals surface area contributed by atoms with Crippen LogP contribution in [0.15, 0.2) is 29.8 Å². The highest BCUT2D eigenvalue weighted by molar-refractivity contribution is 7.13. The predicted molar refractivity (Wildman–Crippen MR) is 74.6 cm³/mol. The van der Waals surface area contributed by atoms with Crippen LogP contribution in [-0.2, 0) is 6.42 Å². The maximum atomic E-state index is 4.69. The van der Waals surface area contributed by atoms with Crippen LogP contribution >= 0.6 is 11.3 Å². The van der Waals surface area contributed by atoms with Gasteiger partial charge in [0.2, 0.25) is 0 Å². The number of rotatable bonds is 3. The molecule has 3 heterocycles. The van der Waals surface area contributed by atoms with Gasteiger partial charge in [0.25, 0.3) is 0 Å². The number of aromatic nitrogens is 2. The van der Waals surface area contributed by atoms with Gasteiger partial charge in [0.1, 0.15) is 5.82 Å². The van der Waals surface area contributed by atoms with Crippen LogP contribution in [0.25, 0.3) is 10.6 Å². The molecule has 0 aromatic carbocycles. The van der Waals surface area contributed by atoms with Crippen LogP contribution in [0.1, 0.15) is 18.7 Å². The van der Waals surface area contributed by atoms with Gasteiger partial charge in [-0.3, -0.25) is 0 Å². The van der Waals surface area contributed by atoms with E-state index in [-0.39, 0.29) is 0 Å². The number of nitrogens with one attached hydrogen (secondary N) is 1. The summed E-state index contributed by atoms with van der Waals surface area (Å²) >= 11 is 1.73. The zero-order chi connectivity index (χ0) is 12.2. The third kappa shape index (κ3) is 2.76. The highest BCUT2D eigenvalue weighted by atomic mass is 32.1. The molecule has 1 aliphatic heterocycles. The first-order chi connectivity index (χ1) is 8.92. The lowest BCUT2D eigenvalue weighted by molar-refractivity contribution is 0.367. The van der Waals surface area contributed by atoms with Crippen LogP contribution in [0, 0.1) is 5.92 Å². The summed E-state index contributed by atoms with van der Waals surface area (Å²) in [5.41, 5.74) is 1.06. The van der Waals surface area contributed by atoms with E-state index in [4.69, 9.17) is 0 Å². The van der Waals surface area contributed by atoms with E-state index in [1.807, 2.05) is 12.3 Å². The van der Waals surface area contributed by atoms with Gasteiger partial charge in [-0.1, -0.05) is 6.07 Å². The molecule has 3 rings (SSSR count). The largest absolute Gasteiger partial charge is 0.317 e. The van der Waals surface area contributed by atoms with Crippen molar-refractivity contribution in [3.05, 3.63) is 35.6 Å². The van der Waals surface area contributed by atoms with E-state index in [2.05, 4.69) is 32.8 Å². The molecule has 0 atom stereocenters. The molecule has 1 aliphatic rings. The lowest BCUT2D eigenvalue weighted by Crippen LogP contribution is -2.29. The summed E-state index contributed by atoms with van der Waals surface area (Å²) in [5, 5.41) is 5.48. The topological polar surface area (TPSA) is 37.8 Å². The molecule has 0 bridgehead atoms. The maximum absolute atomic E-state index is 4.69. The normalized spacial score (nSPS) is 16.9. The third-order valence-corrected chi connectivity index (χ3v) is 4.30. The standard InChI is InChI=1S/C14H17N3S/c1-2-13(18-9-1)12-5-8-16-14(17-12)10-11-3-6-15-7-4-11/h1-2,5,8-9,11,15H,3-4,6-7,10H2. The smallest absolute Gasteiger partial charge is 0.129 e. The Bertz CT molecular complexity index is 490. The van der Waals surface area contributed by atoms with Crippen molar-refractivity contribution in [3.8, 4) is 10.6 Å². The molecule has 1 saturated heterocycles. The fraction of sp³-hybridized carbons (Fsp3) is 0.429. The molecule has 0 radical (unpaired) electrons. The fourth-order valence-corrected chi connectivity index (χ4v) is 3.10. The predicted octanol–water partition coefficient (Wildman–Crippen LogP) is 2.75. The molecular weight excluding hydrogens is 242 g/mol. The molecule has 1 N–H and O–H groups in total. The van der Waals surface area contributed by atoms with Crippen molar-refractivity contribution < 1.29 is 0 Å². The Kier molecular flexibility index (Phi) is 3.67. The Morgan fingerprint density at radius 1 is 1.28 bits per heavy atom. The lowest BCUT2D eigenvalue weighted by Gasteiger charge is -2.21. The van der Waals surface area contributed by atoms with E-state index in [9.17, 15) is 0 Å². The van der Waals surface area contributed by atoms with Crippen LogP contribution in [0.2, 0.25) is 0 Å². The van der Waals surface area contributed by atoms with Gasteiger partial charge >= 0.3 is 0 Å². The second-order valence-electron chi connectivity index (χ2n) is 4.73. The van der Waals surface area contributed by atoms with Gasteiger partial charge in [0, 0.05) is 12.6 Å². The van der Waals surface area contributed by atoms with E-state index in [1.165, 1.54) is 17.7 Å². The first kappa shape index (κ1) is 11.8. The molecule has 0 saturated carbocycles. The van der Waals surface area contributed by atoms with E-state index in [1.54, 1.807) is 11.3 Å². The molecule has 2 aromatic heterocycles. The molecule has 2 aromatic rings. The highest BCUT2D eigenvalue weighted by Crippen LogP contribution is 2.23. The zero-order valence-corrected chi connectivity index (χ0v) is 11.1. The molecule has 18 heavy (non-hydrogen) atoms. The first-order valence-electron chi connectivity index (χ1n) is 6.48. The minimum atomic E-state index is 0.741. The average Bonchev–Trinajstić information content (AvgIpc) is 2.94. The fourth-order valence-electron chi connectivity index (χ4n) is 2.40. The van der Waals surface area contributed by atoms with Crippen LogP contribution in [0.5, 0.6) is 0 Å². The number of piperidine rings is 1. The van der Waals surface area contributed by atoms with Crippen LogP contribution in [0.3, 0.4) is 0 Å². The molecular formula is C14H17N3S. The van der Waals surface area contributed by atoms with Crippen LogP contribution in [-0.4, -0.2) is 23.1 Å². The van der Waals surface area contributed by atoms with E-state index >= 15 is 0 Å². The molecule has 0 aliphatic carbocycles. The summed E-state index contributed by atoms with van der Waals surface area (Å²) in [4.78, 5) is 10.3. The van der Waals surface area contributed by atoms with Gasteiger partial charge in [0.05, 0.1) is 10.6 Å². The number of hydrogen-bond acceptors (Lipinski definition) is 4. The van der Waals surface area contributed by atoms with Crippen molar-refractivity contribution in [2.75, 3.05) is 13.1 Å². The Hall–Kier alpha value is -1.26. The van der Waals surface area contributed by atoms with E-state index < -0.39 is 0 Å². The van der Waals surface area contributed by atoms with E-state index in [0.717, 1.165) is 36.9 Å². The van der Waals surface area contributed by atoms with Crippen molar-refractivity contribution in [2.24, 2.45) is 5.92 Å². The van der Waals surface area contributed by atoms with E-state index in [0.29, 0.717) is 0 Å². The van der Waals surface area contributed by atoms with Crippen molar-refractivity contribution in [3.63, 3.8) is 0 Å². The Morgan fingerprint density at radius 3 is 2.94 bits per heavy atom. The summed E-state index contributed by atoms with van der Waals surface area (Å²) in [7, 11) is 0. The quantitative estimate of drug-likeness (QED) is 0.921. The molecule has 0 unspecified atom stereocenters. The lowest BCUT2D eigenvalue weighted by atomic mass is 9.94. The molecule has 4 heteroatoms. The molecule has 1 fully saturated rings. The van der Waals surface area contributed by atoms with Crippen LogP contribution in [0.4, 0.5) is 0 Å². The summed E-state index contributed by atoms with van der Waals surface area (Å²) in [6.07, 6.45) is 5.39. The minimum Gasteiger partial charge on any atom is -0.317 e. The monoisotopic (exact) mass is 259 g/mol. The zero-order valence-electron chi connectivity index (χ0n) is 10.3. The Labute approximate surface area is 111 Å². The third-order valence-electron chi connectivity index (χ3n) is 3.41. The maximum Gasteiger partial charge on any atom is 0.129 e. The summed E-state index contributed by atoms with van der Waals surface area (Å²) in [6, 6.07) is 6.17. The van der Waals surface area contributed by atoms with Crippen molar-refractivity contribution in [2.45, 2.75) is 19.3 Å². The van der Waals surface area contributed by atoms with Gasteiger partial charge in [-0.2, -0.15) is 0 Å². The van der Waals surface area contributed by atoms with Gasteiger partial charge < -0.3 is 5.32 Å². The Balaban J connectivity index is 1.74. The average molecular weight is 259 g/mol. The Morgan fingerprint density at radius 2 is 2.17 bits per heavy atom. The van der Waals surface area contributed by atoms with Crippen molar-refractivity contribution in [1.82, 2.24) is 15.3 Å². The highest BCUT2D eigenvalue weighted by Gasteiger charge is 2.15.